The van der Waals surface area contributed by atoms with Crippen molar-refractivity contribution in [2.75, 3.05) is 5.32 Å². The lowest BCUT2D eigenvalue weighted by molar-refractivity contribution is -0.115. The zero-order valence-corrected chi connectivity index (χ0v) is 17.6. The molecule has 6 nitrogen and oxygen atoms in total. The summed E-state index contributed by atoms with van der Waals surface area (Å²) in [5, 5.41) is 8.56. The number of aryl methyl sites for hydroxylation is 2. The number of carbonyl (C=O) groups is 1. The van der Waals surface area contributed by atoms with Gasteiger partial charge in [-0.3, -0.25) is 4.79 Å². The first-order chi connectivity index (χ1) is 13.8. The third kappa shape index (κ3) is 3.28. The Morgan fingerprint density at radius 1 is 1.14 bits per heavy atom. The van der Waals surface area contributed by atoms with Gasteiger partial charge in [0.1, 0.15) is 6.04 Å². The number of hydrogen-bond acceptors (Lipinski definition) is 4. The SMILES string of the molecule is CC1=C(C(N)=O)C(c2cccc(Cl)c2Cl)n2nc(-c3ccc(C)c(C)c3)nc2N1. The minimum absolute atomic E-state index is 0.349. The Morgan fingerprint density at radius 3 is 2.59 bits per heavy atom. The molecule has 2 heterocycles. The fourth-order valence-electron chi connectivity index (χ4n) is 3.49. The van der Waals surface area contributed by atoms with E-state index in [9.17, 15) is 4.79 Å². The number of aromatic nitrogens is 3. The Bertz CT molecular complexity index is 1180. The number of halogens is 2. The second-order valence-corrected chi connectivity index (χ2v) is 7.86. The van der Waals surface area contributed by atoms with Crippen molar-refractivity contribution in [1.29, 1.82) is 0 Å². The molecule has 1 atom stereocenters. The van der Waals surface area contributed by atoms with Crippen LogP contribution in [0.5, 0.6) is 0 Å². The number of primary amides is 1. The molecule has 148 valence electrons. The number of carbonyl (C=O) groups excluding carboxylic acids is 1. The van der Waals surface area contributed by atoms with Crippen LogP contribution in [0.1, 0.15) is 29.7 Å². The highest BCUT2D eigenvalue weighted by Crippen LogP contribution is 2.40. The van der Waals surface area contributed by atoms with Crippen LogP contribution >= 0.6 is 23.2 Å². The normalized spacial score (nSPS) is 15.8. The molecule has 0 fully saturated rings. The van der Waals surface area contributed by atoms with Crippen molar-refractivity contribution >= 4 is 35.1 Å². The molecule has 3 aromatic rings. The molecule has 1 aromatic heterocycles. The molecule has 0 saturated carbocycles. The smallest absolute Gasteiger partial charge is 0.248 e. The van der Waals surface area contributed by atoms with Gasteiger partial charge in [0.15, 0.2) is 5.82 Å². The molecule has 0 radical (unpaired) electrons. The summed E-state index contributed by atoms with van der Waals surface area (Å²) < 4.78 is 1.63. The third-order valence-corrected chi connectivity index (χ3v) is 5.99. The third-order valence-electron chi connectivity index (χ3n) is 5.16. The predicted octanol–water partition coefficient (Wildman–Crippen LogP) is 4.64. The quantitative estimate of drug-likeness (QED) is 0.636. The summed E-state index contributed by atoms with van der Waals surface area (Å²) in [5.74, 6) is 0.476. The topological polar surface area (TPSA) is 85.8 Å². The van der Waals surface area contributed by atoms with E-state index in [4.69, 9.17) is 28.9 Å². The van der Waals surface area contributed by atoms with Gasteiger partial charge in [-0.25, -0.2) is 4.68 Å². The van der Waals surface area contributed by atoms with Gasteiger partial charge < -0.3 is 11.1 Å². The van der Waals surface area contributed by atoms with Gasteiger partial charge >= 0.3 is 0 Å². The van der Waals surface area contributed by atoms with E-state index in [1.165, 1.54) is 5.56 Å². The Balaban J connectivity index is 1.92. The number of hydrogen-bond donors (Lipinski definition) is 2. The molecular weight excluding hydrogens is 409 g/mol. The van der Waals surface area contributed by atoms with E-state index >= 15 is 0 Å². The van der Waals surface area contributed by atoms with Crippen LogP contribution in [0.2, 0.25) is 10.0 Å². The van der Waals surface area contributed by atoms with E-state index in [1.807, 2.05) is 31.2 Å². The summed E-state index contributed by atoms with van der Waals surface area (Å²) in [7, 11) is 0. The number of rotatable bonds is 3. The maximum Gasteiger partial charge on any atom is 0.248 e. The number of nitrogens with two attached hydrogens (primary N) is 1. The Kier molecular flexibility index (Phi) is 4.84. The van der Waals surface area contributed by atoms with Gasteiger partial charge in [0.25, 0.3) is 0 Å². The van der Waals surface area contributed by atoms with Crippen LogP contribution in [0.15, 0.2) is 47.7 Å². The van der Waals surface area contributed by atoms with Crippen molar-refractivity contribution in [3.8, 4) is 11.4 Å². The molecule has 2 aromatic carbocycles. The van der Waals surface area contributed by atoms with Crippen LogP contribution in [0.4, 0.5) is 5.95 Å². The average Bonchev–Trinajstić information content (AvgIpc) is 3.08. The van der Waals surface area contributed by atoms with E-state index in [2.05, 4.69) is 22.3 Å². The van der Waals surface area contributed by atoms with Crippen LogP contribution in [-0.4, -0.2) is 20.7 Å². The Hall–Kier alpha value is -2.83. The van der Waals surface area contributed by atoms with Crippen LogP contribution in [-0.2, 0) is 4.79 Å². The van der Waals surface area contributed by atoms with E-state index in [0.29, 0.717) is 38.7 Å². The minimum Gasteiger partial charge on any atom is -0.366 e. The van der Waals surface area contributed by atoms with Crippen LogP contribution in [0, 0.1) is 13.8 Å². The maximum atomic E-state index is 12.3. The van der Waals surface area contributed by atoms with E-state index < -0.39 is 11.9 Å². The minimum atomic E-state index is -0.636. The van der Waals surface area contributed by atoms with Gasteiger partial charge in [-0.05, 0) is 44.0 Å². The molecule has 3 N–H and O–H groups in total. The zero-order chi connectivity index (χ0) is 20.9. The summed E-state index contributed by atoms with van der Waals surface area (Å²) in [6.45, 7) is 5.87. The van der Waals surface area contributed by atoms with E-state index in [0.717, 1.165) is 11.1 Å². The number of anilines is 1. The van der Waals surface area contributed by atoms with Crippen molar-refractivity contribution in [2.45, 2.75) is 26.8 Å². The number of allylic oxidation sites excluding steroid dienone is 1. The molecule has 0 bridgehead atoms. The second kappa shape index (κ2) is 7.21. The monoisotopic (exact) mass is 427 g/mol. The molecule has 1 amide bonds. The fourth-order valence-corrected chi connectivity index (χ4v) is 3.90. The van der Waals surface area contributed by atoms with Gasteiger partial charge in [-0.15, -0.1) is 5.10 Å². The lowest BCUT2D eigenvalue weighted by Gasteiger charge is -2.28. The van der Waals surface area contributed by atoms with E-state index in [-0.39, 0.29) is 0 Å². The van der Waals surface area contributed by atoms with E-state index in [1.54, 1.807) is 23.7 Å². The number of nitrogens with one attached hydrogen (secondary N) is 1. The highest BCUT2D eigenvalue weighted by molar-refractivity contribution is 6.42. The van der Waals surface area contributed by atoms with Crippen LogP contribution < -0.4 is 11.1 Å². The summed E-state index contributed by atoms with van der Waals surface area (Å²) >= 11 is 12.7. The summed E-state index contributed by atoms with van der Waals surface area (Å²) in [6.07, 6.45) is 0. The molecule has 0 spiro atoms. The van der Waals surface area contributed by atoms with Gasteiger partial charge in [0.05, 0.1) is 15.6 Å². The van der Waals surface area contributed by atoms with Crippen molar-refractivity contribution in [2.24, 2.45) is 5.73 Å². The summed E-state index contributed by atoms with van der Waals surface area (Å²) in [4.78, 5) is 16.9. The van der Waals surface area contributed by atoms with Crippen molar-refractivity contribution < 1.29 is 4.79 Å². The average molecular weight is 428 g/mol. The van der Waals surface area contributed by atoms with Gasteiger partial charge in [0, 0.05) is 16.8 Å². The molecule has 4 rings (SSSR count). The zero-order valence-electron chi connectivity index (χ0n) is 16.1. The van der Waals surface area contributed by atoms with Gasteiger partial charge in [-0.2, -0.15) is 4.98 Å². The largest absolute Gasteiger partial charge is 0.366 e. The second-order valence-electron chi connectivity index (χ2n) is 7.08. The molecule has 8 heteroatoms. The first kappa shape index (κ1) is 19.5. The highest BCUT2D eigenvalue weighted by atomic mass is 35.5. The number of amides is 1. The molecule has 29 heavy (non-hydrogen) atoms. The molecule has 0 aliphatic carbocycles. The summed E-state index contributed by atoms with van der Waals surface area (Å²) in [5.41, 5.74) is 10.5. The highest BCUT2D eigenvalue weighted by Gasteiger charge is 2.35. The van der Waals surface area contributed by atoms with Crippen molar-refractivity contribution in [3.05, 3.63) is 74.4 Å². The summed E-state index contributed by atoms with van der Waals surface area (Å²) in [6, 6.07) is 10.7. The Labute approximate surface area is 178 Å². The number of fused-ring (bicyclic) bond motifs is 1. The Morgan fingerprint density at radius 2 is 1.90 bits per heavy atom. The molecule has 1 unspecified atom stereocenters. The predicted molar refractivity (Wildman–Crippen MR) is 115 cm³/mol. The lowest BCUT2D eigenvalue weighted by Crippen LogP contribution is -2.32. The number of benzene rings is 2. The van der Waals surface area contributed by atoms with Gasteiger partial charge in [-0.1, -0.05) is 47.5 Å². The first-order valence-corrected chi connectivity index (χ1v) is 9.79. The first-order valence-electron chi connectivity index (χ1n) is 9.03. The fraction of sp³-hybridized carbons (Fsp3) is 0.190. The standard InChI is InChI=1S/C21H19Cl2N5O/c1-10-7-8-13(9-11(10)2)20-26-21-25-12(3)16(19(24)29)18(28(21)27-20)14-5-4-6-15(22)17(14)23/h4-9,18H,1-3H3,(H2,24,29)(H,25,26,27). The molecule has 0 saturated heterocycles. The van der Waals surface area contributed by atoms with Crippen molar-refractivity contribution in [3.63, 3.8) is 0 Å². The van der Waals surface area contributed by atoms with Crippen LogP contribution in [0.3, 0.4) is 0 Å². The maximum absolute atomic E-state index is 12.3. The number of nitrogens with zero attached hydrogens (tertiary/aromatic N) is 3. The lowest BCUT2D eigenvalue weighted by atomic mass is 9.95. The molecule has 1 aliphatic heterocycles. The van der Waals surface area contributed by atoms with Gasteiger partial charge in [0.2, 0.25) is 11.9 Å². The molecule has 1 aliphatic rings. The van der Waals surface area contributed by atoms with Crippen LogP contribution in [0.25, 0.3) is 11.4 Å². The van der Waals surface area contributed by atoms with Crippen molar-refractivity contribution in [1.82, 2.24) is 14.8 Å². The molecular formula is C21H19Cl2N5O.